The molecule has 0 radical (unpaired) electrons. The Kier molecular flexibility index (Phi) is 3.17. The zero-order chi connectivity index (χ0) is 11.5. The molecule has 0 unspecified atom stereocenters. The Morgan fingerprint density at radius 2 is 2.19 bits per heavy atom. The van der Waals surface area contributed by atoms with Crippen LogP contribution in [-0.4, -0.2) is 32.0 Å². The molecule has 1 aromatic rings. The van der Waals surface area contributed by atoms with Gasteiger partial charge in [0, 0.05) is 0 Å². The number of aliphatic hydroxyl groups excluding tert-OH is 1. The summed E-state index contributed by atoms with van der Waals surface area (Å²) >= 11 is 0. The summed E-state index contributed by atoms with van der Waals surface area (Å²) in [4.78, 5) is 0. The number of rotatable bonds is 3. The minimum absolute atomic E-state index is 0.122. The van der Waals surface area contributed by atoms with Crippen molar-refractivity contribution in [1.29, 1.82) is 0 Å². The van der Waals surface area contributed by atoms with Crippen LogP contribution in [0, 0.1) is 0 Å². The van der Waals surface area contributed by atoms with Crippen LogP contribution in [0.5, 0.6) is 17.2 Å². The summed E-state index contributed by atoms with van der Waals surface area (Å²) in [5, 5.41) is 9.02. The largest absolute Gasteiger partial charge is 0.493 e. The zero-order valence-electron chi connectivity index (χ0n) is 9.10. The van der Waals surface area contributed by atoms with Crippen molar-refractivity contribution in [1.82, 2.24) is 0 Å². The highest BCUT2D eigenvalue weighted by Gasteiger charge is 2.20. The molecule has 5 nitrogen and oxygen atoms in total. The Hall–Kier alpha value is -1.46. The highest BCUT2D eigenvalue weighted by atomic mass is 16.6. The molecule has 1 atom stereocenters. The zero-order valence-corrected chi connectivity index (χ0v) is 9.10. The predicted molar refractivity (Wildman–Crippen MR) is 58.0 cm³/mol. The van der Waals surface area contributed by atoms with Crippen molar-refractivity contribution < 1.29 is 19.3 Å². The molecule has 1 heterocycles. The summed E-state index contributed by atoms with van der Waals surface area (Å²) in [5.74, 6) is 1.79. The molecule has 0 saturated carbocycles. The van der Waals surface area contributed by atoms with Crippen molar-refractivity contribution >= 4 is 0 Å². The smallest absolute Gasteiger partial charge is 0.203 e. The van der Waals surface area contributed by atoms with E-state index in [4.69, 9.17) is 25.1 Å². The van der Waals surface area contributed by atoms with E-state index >= 15 is 0 Å². The van der Waals surface area contributed by atoms with Gasteiger partial charge in [-0.15, -0.1) is 0 Å². The Bertz CT molecular complexity index is 363. The molecule has 0 bridgehead atoms. The van der Waals surface area contributed by atoms with Crippen LogP contribution < -0.4 is 19.9 Å². The van der Waals surface area contributed by atoms with E-state index in [1.807, 2.05) is 0 Å². The average molecular weight is 225 g/mol. The number of methoxy groups -OCH3 is 1. The quantitative estimate of drug-likeness (QED) is 0.781. The van der Waals surface area contributed by atoms with E-state index in [0.29, 0.717) is 30.5 Å². The molecular formula is C11H15NO4. The molecule has 0 spiro atoms. The molecular weight excluding hydrogens is 210 g/mol. The summed E-state index contributed by atoms with van der Waals surface area (Å²) < 4.78 is 16.1. The van der Waals surface area contributed by atoms with Gasteiger partial charge in [-0.25, -0.2) is 0 Å². The fraction of sp³-hybridized carbons (Fsp3) is 0.455. The summed E-state index contributed by atoms with van der Waals surface area (Å²) in [6.45, 7) is 0.894. The fourth-order valence-electron chi connectivity index (χ4n) is 1.61. The lowest BCUT2D eigenvalue weighted by Gasteiger charge is -2.22. The van der Waals surface area contributed by atoms with Crippen LogP contribution in [0.1, 0.15) is 11.6 Å². The second-order valence-corrected chi connectivity index (χ2v) is 3.54. The first-order valence-corrected chi connectivity index (χ1v) is 5.10. The van der Waals surface area contributed by atoms with E-state index in [0.717, 1.165) is 5.56 Å². The van der Waals surface area contributed by atoms with E-state index in [2.05, 4.69) is 0 Å². The SMILES string of the molecule is COc1cc([C@H](N)CO)cc2c1OCCO2. The molecule has 2 rings (SSSR count). The lowest BCUT2D eigenvalue weighted by atomic mass is 10.1. The second kappa shape index (κ2) is 4.59. The minimum atomic E-state index is -0.440. The third-order valence-corrected chi connectivity index (χ3v) is 2.48. The molecule has 0 aromatic heterocycles. The van der Waals surface area contributed by atoms with Crippen molar-refractivity contribution in [3.05, 3.63) is 17.7 Å². The van der Waals surface area contributed by atoms with E-state index in [9.17, 15) is 0 Å². The molecule has 88 valence electrons. The predicted octanol–water partition coefficient (Wildman–Crippen LogP) is 0.458. The number of hydrogen-bond donors (Lipinski definition) is 2. The average Bonchev–Trinajstić information content (AvgIpc) is 2.36. The first kappa shape index (κ1) is 11.0. The molecule has 1 aliphatic heterocycles. The molecule has 1 aliphatic rings. The molecule has 0 fully saturated rings. The van der Waals surface area contributed by atoms with E-state index in [-0.39, 0.29) is 6.61 Å². The van der Waals surface area contributed by atoms with Crippen LogP contribution in [0.4, 0.5) is 0 Å². The standard InChI is InChI=1S/C11H15NO4/c1-14-9-4-7(8(12)6-13)5-10-11(9)16-3-2-15-10/h4-5,8,13H,2-3,6,12H2,1H3/t8-/m1/s1. The van der Waals surface area contributed by atoms with Gasteiger partial charge in [-0.2, -0.15) is 0 Å². The maximum atomic E-state index is 9.02. The number of fused-ring (bicyclic) bond motifs is 1. The van der Waals surface area contributed by atoms with Gasteiger partial charge < -0.3 is 25.1 Å². The third kappa shape index (κ3) is 1.91. The number of nitrogens with two attached hydrogens (primary N) is 1. The molecule has 3 N–H and O–H groups in total. The first-order valence-electron chi connectivity index (χ1n) is 5.10. The van der Waals surface area contributed by atoms with Gasteiger partial charge in [-0.05, 0) is 17.7 Å². The van der Waals surface area contributed by atoms with E-state index < -0.39 is 6.04 Å². The monoisotopic (exact) mass is 225 g/mol. The Morgan fingerprint density at radius 3 is 2.88 bits per heavy atom. The van der Waals surface area contributed by atoms with Crippen molar-refractivity contribution in [2.45, 2.75) is 6.04 Å². The molecule has 0 aliphatic carbocycles. The third-order valence-electron chi connectivity index (χ3n) is 2.48. The number of ether oxygens (including phenoxy) is 3. The summed E-state index contributed by atoms with van der Waals surface area (Å²) in [5.41, 5.74) is 6.52. The van der Waals surface area contributed by atoms with Crippen LogP contribution in [0.25, 0.3) is 0 Å². The van der Waals surface area contributed by atoms with Gasteiger partial charge in [0.25, 0.3) is 0 Å². The second-order valence-electron chi connectivity index (χ2n) is 3.54. The lowest BCUT2D eigenvalue weighted by molar-refractivity contribution is 0.164. The van der Waals surface area contributed by atoms with Crippen molar-refractivity contribution in [3.8, 4) is 17.2 Å². The summed E-state index contributed by atoms with van der Waals surface area (Å²) in [7, 11) is 1.56. The van der Waals surface area contributed by atoms with Crippen LogP contribution in [0.3, 0.4) is 0 Å². The van der Waals surface area contributed by atoms with Gasteiger partial charge in [0.2, 0.25) is 5.75 Å². The van der Waals surface area contributed by atoms with Crippen LogP contribution in [0.15, 0.2) is 12.1 Å². The van der Waals surface area contributed by atoms with Crippen LogP contribution >= 0.6 is 0 Å². The van der Waals surface area contributed by atoms with Crippen molar-refractivity contribution in [3.63, 3.8) is 0 Å². The Morgan fingerprint density at radius 1 is 1.44 bits per heavy atom. The van der Waals surface area contributed by atoms with Crippen molar-refractivity contribution in [2.75, 3.05) is 26.9 Å². The first-order chi connectivity index (χ1) is 7.76. The molecule has 0 saturated heterocycles. The van der Waals surface area contributed by atoms with E-state index in [1.165, 1.54) is 0 Å². The van der Waals surface area contributed by atoms with Gasteiger partial charge in [-0.3, -0.25) is 0 Å². The topological polar surface area (TPSA) is 73.9 Å². The van der Waals surface area contributed by atoms with E-state index in [1.54, 1.807) is 19.2 Å². The van der Waals surface area contributed by atoms with Crippen LogP contribution in [0.2, 0.25) is 0 Å². The number of aliphatic hydroxyl groups is 1. The summed E-state index contributed by atoms with van der Waals surface area (Å²) in [6.07, 6.45) is 0. The highest BCUT2D eigenvalue weighted by Crippen LogP contribution is 2.41. The normalized spacial score (nSPS) is 15.7. The fourth-order valence-corrected chi connectivity index (χ4v) is 1.61. The van der Waals surface area contributed by atoms with Gasteiger partial charge in [0.05, 0.1) is 19.8 Å². The highest BCUT2D eigenvalue weighted by molar-refractivity contribution is 5.55. The van der Waals surface area contributed by atoms with Crippen molar-refractivity contribution in [2.24, 2.45) is 5.73 Å². The molecule has 16 heavy (non-hydrogen) atoms. The van der Waals surface area contributed by atoms with Gasteiger partial charge in [0.15, 0.2) is 11.5 Å². The van der Waals surface area contributed by atoms with Gasteiger partial charge in [-0.1, -0.05) is 0 Å². The minimum Gasteiger partial charge on any atom is -0.493 e. The summed E-state index contributed by atoms with van der Waals surface area (Å²) in [6, 6.07) is 3.09. The van der Waals surface area contributed by atoms with Crippen LogP contribution in [-0.2, 0) is 0 Å². The van der Waals surface area contributed by atoms with Gasteiger partial charge in [0.1, 0.15) is 13.2 Å². The van der Waals surface area contributed by atoms with Gasteiger partial charge >= 0.3 is 0 Å². The molecule has 5 heteroatoms. The Balaban J connectivity index is 2.43. The molecule has 0 amide bonds. The maximum absolute atomic E-state index is 9.02. The number of hydrogen-bond acceptors (Lipinski definition) is 5. The molecule has 1 aromatic carbocycles. The lowest BCUT2D eigenvalue weighted by Crippen LogP contribution is -2.18. The number of benzene rings is 1. The maximum Gasteiger partial charge on any atom is 0.203 e. The Labute approximate surface area is 93.7 Å².